The van der Waals surface area contributed by atoms with Crippen molar-refractivity contribution in [1.29, 1.82) is 0 Å². The van der Waals surface area contributed by atoms with Crippen LogP contribution in [0.25, 0.3) is 33.3 Å². The molecule has 5 aromatic rings. The van der Waals surface area contributed by atoms with E-state index in [0.717, 1.165) is 52.4 Å². The number of hydrogen-bond donors (Lipinski definition) is 0. The van der Waals surface area contributed by atoms with E-state index in [1.165, 1.54) is 0 Å². The van der Waals surface area contributed by atoms with Gasteiger partial charge in [-0.25, -0.2) is 29.9 Å². The number of anilines is 1. The lowest BCUT2D eigenvalue weighted by Crippen LogP contribution is -2.46. The standard InChI is InChI=1S/C24H19N7O/c1-32-23-17(7-4-11-26-23)21-20(30-22-19(28-21)9-5-10-25-22)16-13-31(14-16)24-27-12-15-6-2-3-8-18(15)29-24/h2-12,16H,13-14H2,1H3. The lowest BCUT2D eigenvalue weighted by molar-refractivity contribution is 0.399. The lowest BCUT2D eigenvalue weighted by Gasteiger charge is -2.39. The molecular weight excluding hydrogens is 402 g/mol. The maximum absolute atomic E-state index is 5.50. The van der Waals surface area contributed by atoms with Crippen LogP contribution in [0.4, 0.5) is 5.95 Å². The first-order valence-corrected chi connectivity index (χ1v) is 10.4. The van der Waals surface area contributed by atoms with Gasteiger partial charge in [-0.2, -0.15) is 0 Å². The van der Waals surface area contributed by atoms with E-state index in [0.29, 0.717) is 11.5 Å². The summed E-state index contributed by atoms with van der Waals surface area (Å²) in [5.41, 5.74) is 4.81. The molecule has 32 heavy (non-hydrogen) atoms. The summed E-state index contributed by atoms with van der Waals surface area (Å²) in [6, 6.07) is 15.6. The minimum atomic E-state index is 0.170. The summed E-state index contributed by atoms with van der Waals surface area (Å²) in [5.74, 6) is 1.43. The van der Waals surface area contributed by atoms with Crippen LogP contribution in [0.2, 0.25) is 0 Å². The number of benzene rings is 1. The number of rotatable bonds is 4. The molecule has 0 aliphatic carbocycles. The molecule has 0 atom stereocenters. The summed E-state index contributed by atoms with van der Waals surface area (Å²) in [5, 5.41) is 1.03. The highest BCUT2D eigenvalue weighted by molar-refractivity contribution is 5.79. The van der Waals surface area contributed by atoms with Gasteiger partial charge in [0.1, 0.15) is 5.52 Å². The van der Waals surface area contributed by atoms with Gasteiger partial charge in [-0.15, -0.1) is 0 Å². The molecule has 1 fully saturated rings. The summed E-state index contributed by atoms with van der Waals surface area (Å²) in [6.45, 7) is 1.50. The van der Waals surface area contributed by atoms with Crippen LogP contribution in [-0.2, 0) is 0 Å². The van der Waals surface area contributed by atoms with Crippen molar-refractivity contribution in [2.45, 2.75) is 5.92 Å². The average Bonchev–Trinajstić information content (AvgIpc) is 2.82. The molecular formula is C24H19N7O. The molecule has 0 N–H and O–H groups in total. The molecule has 0 saturated carbocycles. The Morgan fingerprint density at radius 3 is 2.56 bits per heavy atom. The second kappa shape index (κ2) is 7.49. The van der Waals surface area contributed by atoms with Crippen LogP contribution < -0.4 is 9.64 Å². The van der Waals surface area contributed by atoms with Gasteiger partial charge in [-0.1, -0.05) is 18.2 Å². The van der Waals surface area contributed by atoms with Crippen LogP contribution in [0, 0.1) is 0 Å². The molecule has 1 aliphatic rings. The molecule has 8 heteroatoms. The van der Waals surface area contributed by atoms with E-state index in [4.69, 9.17) is 19.7 Å². The summed E-state index contributed by atoms with van der Waals surface area (Å²) < 4.78 is 5.50. The Morgan fingerprint density at radius 2 is 1.66 bits per heavy atom. The van der Waals surface area contributed by atoms with E-state index < -0.39 is 0 Å². The first kappa shape index (κ1) is 18.6. The van der Waals surface area contributed by atoms with Crippen molar-refractivity contribution in [3.63, 3.8) is 0 Å². The van der Waals surface area contributed by atoms with Gasteiger partial charge in [0, 0.05) is 43.0 Å². The van der Waals surface area contributed by atoms with Gasteiger partial charge in [0.15, 0.2) is 5.65 Å². The fraction of sp³-hybridized carbons (Fsp3) is 0.167. The minimum absolute atomic E-state index is 0.170. The van der Waals surface area contributed by atoms with Gasteiger partial charge in [0.25, 0.3) is 0 Å². The first-order valence-electron chi connectivity index (χ1n) is 10.4. The maximum Gasteiger partial charge on any atom is 0.225 e. The normalized spacial score (nSPS) is 14.0. The van der Waals surface area contributed by atoms with Crippen molar-refractivity contribution < 1.29 is 4.74 Å². The quantitative estimate of drug-likeness (QED) is 0.434. The molecule has 0 spiro atoms. The number of hydrogen-bond acceptors (Lipinski definition) is 8. The van der Waals surface area contributed by atoms with Crippen LogP contribution in [0.5, 0.6) is 5.88 Å². The molecule has 0 bridgehead atoms. The third kappa shape index (κ3) is 3.08. The molecule has 0 amide bonds. The molecule has 0 radical (unpaired) electrons. The van der Waals surface area contributed by atoms with Crippen LogP contribution in [0.1, 0.15) is 11.6 Å². The Kier molecular flexibility index (Phi) is 4.34. The third-order valence-corrected chi connectivity index (χ3v) is 5.71. The summed E-state index contributed by atoms with van der Waals surface area (Å²) in [7, 11) is 1.61. The molecule has 1 aliphatic heterocycles. The number of ether oxygens (including phenoxy) is 1. The molecule has 156 valence electrons. The fourth-order valence-electron chi connectivity index (χ4n) is 4.05. The monoisotopic (exact) mass is 421 g/mol. The number of methoxy groups -OCH3 is 1. The summed E-state index contributed by atoms with van der Waals surface area (Å²) in [6.07, 6.45) is 5.32. The number of fused-ring (bicyclic) bond motifs is 2. The van der Waals surface area contributed by atoms with Gasteiger partial charge in [-0.3, -0.25) is 0 Å². The average molecular weight is 421 g/mol. The Balaban J connectivity index is 1.38. The summed E-state index contributed by atoms with van der Waals surface area (Å²) in [4.78, 5) is 30.0. The lowest BCUT2D eigenvalue weighted by atomic mass is 9.92. The zero-order valence-electron chi connectivity index (χ0n) is 17.4. The van der Waals surface area contributed by atoms with E-state index in [1.807, 2.05) is 54.7 Å². The van der Waals surface area contributed by atoms with Crippen molar-refractivity contribution >= 4 is 28.0 Å². The van der Waals surface area contributed by atoms with Crippen LogP contribution in [-0.4, -0.2) is 50.1 Å². The Morgan fingerprint density at radius 1 is 0.844 bits per heavy atom. The smallest absolute Gasteiger partial charge is 0.225 e. The number of aromatic nitrogens is 6. The molecule has 0 unspecified atom stereocenters. The third-order valence-electron chi connectivity index (χ3n) is 5.71. The van der Waals surface area contributed by atoms with E-state index in [2.05, 4.69) is 19.9 Å². The molecule has 5 heterocycles. The summed E-state index contributed by atoms with van der Waals surface area (Å²) >= 11 is 0. The fourth-order valence-corrected chi connectivity index (χ4v) is 4.05. The van der Waals surface area contributed by atoms with Crippen LogP contribution in [0.3, 0.4) is 0 Å². The highest BCUT2D eigenvalue weighted by Crippen LogP contribution is 2.37. The van der Waals surface area contributed by atoms with Gasteiger partial charge in [0.2, 0.25) is 11.8 Å². The van der Waals surface area contributed by atoms with Crippen LogP contribution in [0.15, 0.2) is 67.1 Å². The molecule has 1 saturated heterocycles. The Hall–Kier alpha value is -4.20. The number of pyridine rings is 2. The predicted octanol–water partition coefficient (Wildman–Crippen LogP) is 3.64. The van der Waals surface area contributed by atoms with E-state index >= 15 is 0 Å². The Labute approximate surface area is 184 Å². The zero-order valence-corrected chi connectivity index (χ0v) is 17.4. The van der Waals surface area contributed by atoms with E-state index in [-0.39, 0.29) is 5.92 Å². The highest BCUT2D eigenvalue weighted by atomic mass is 16.5. The molecule has 4 aromatic heterocycles. The SMILES string of the molecule is COc1ncccc1-c1nc2cccnc2nc1C1CN(c2ncc3ccccc3n2)C1. The van der Waals surface area contributed by atoms with E-state index in [1.54, 1.807) is 19.5 Å². The van der Waals surface area contributed by atoms with Crippen LogP contribution >= 0.6 is 0 Å². The van der Waals surface area contributed by atoms with Gasteiger partial charge >= 0.3 is 0 Å². The number of nitrogens with zero attached hydrogens (tertiary/aromatic N) is 7. The second-order valence-corrected chi connectivity index (χ2v) is 7.69. The number of para-hydroxylation sites is 1. The van der Waals surface area contributed by atoms with Gasteiger partial charge < -0.3 is 9.64 Å². The maximum atomic E-state index is 5.50. The van der Waals surface area contributed by atoms with Crippen molar-refractivity contribution in [3.05, 3.63) is 72.8 Å². The van der Waals surface area contributed by atoms with Crippen molar-refractivity contribution in [2.75, 3.05) is 25.1 Å². The van der Waals surface area contributed by atoms with Crippen molar-refractivity contribution in [3.8, 4) is 17.1 Å². The van der Waals surface area contributed by atoms with Crippen molar-refractivity contribution in [2.24, 2.45) is 0 Å². The second-order valence-electron chi connectivity index (χ2n) is 7.69. The van der Waals surface area contributed by atoms with Gasteiger partial charge in [0.05, 0.1) is 29.6 Å². The molecule has 8 nitrogen and oxygen atoms in total. The highest BCUT2D eigenvalue weighted by Gasteiger charge is 2.34. The van der Waals surface area contributed by atoms with Gasteiger partial charge in [-0.05, 0) is 30.3 Å². The van der Waals surface area contributed by atoms with E-state index in [9.17, 15) is 0 Å². The van der Waals surface area contributed by atoms with Crippen molar-refractivity contribution in [1.82, 2.24) is 29.9 Å². The molecule has 6 rings (SSSR count). The minimum Gasteiger partial charge on any atom is -0.481 e. The predicted molar refractivity (Wildman–Crippen MR) is 122 cm³/mol. The molecule has 1 aromatic carbocycles. The largest absolute Gasteiger partial charge is 0.481 e. The Bertz CT molecular complexity index is 1450. The zero-order chi connectivity index (χ0) is 21.5. The first-order chi connectivity index (χ1) is 15.8. The topological polar surface area (TPSA) is 89.8 Å².